The maximum absolute atomic E-state index is 11.2. The summed E-state index contributed by atoms with van der Waals surface area (Å²) in [7, 11) is 1.48. The lowest BCUT2D eigenvalue weighted by molar-refractivity contribution is -0.123. The van der Waals surface area contributed by atoms with Crippen LogP contribution in [0.4, 0.5) is 0 Å². The molecule has 0 unspecified atom stereocenters. The second-order valence-corrected chi connectivity index (χ2v) is 3.82. The van der Waals surface area contributed by atoms with E-state index in [2.05, 4.69) is 10.5 Å². The smallest absolute Gasteiger partial charge is 0.242 e. The summed E-state index contributed by atoms with van der Waals surface area (Å²) in [6.07, 6.45) is 1.46. The second kappa shape index (κ2) is 5.89. The fourth-order valence-corrected chi connectivity index (χ4v) is 1.09. The number of aromatic hydroxyl groups is 1. The van der Waals surface area contributed by atoms with Gasteiger partial charge in [0.1, 0.15) is 0 Å². The van der Waals surface area contributed by atoms with Crippen LogP contribution in [0, 0.1) is 5.92 Å². The Labute approximate surface area is 100 Å². The Morgan fingerprint density at radius 3 is 2.76 bits per heavy atom. The van der Waals surface area contributed by atoms with Crippen LogP contribution in [0.1, 0.15) is 19.4 Å². The van der Waals surface area contributed by atoms with Gasteiger partial charge in [-0.05, 0) is 23.8 Å². The number of hydrogen-bond acceptors (Lipinski definition) is 4. The van der Waals surface area contributed by atoms with E-state index in [1.54, 1.807) is 26.0 Å². The lowest BCUT2D eigenvalue weighted by Crippen LogP contribution is -2.22. The third kappa shape index (κ3) is 3.79. The topological polar surface area (TPSA) is 70.9 Å². The molecule has 1 aromatic rings. The minimum Gasteiger partial charge on any atom is -0.504 e. The first-order valence-electron chi connectivity index (χ1n) is 5.24. The van der Waals surface area contributed by atoms with E-state index in [9.17, 15) is 9.90 Å². The molecule has 2 N–H and O–H groups in total. The maximum atomic E-state index is 11.2. The Hall–Kier alpha value is -2.04. The van der Waals surface area contributed by atoms with Crippen molar-refractivity contribution < 1.29 is 14.6 Å². The number of nitrogens with zero attached hydrogens (tertiary/aromatic N) is 1. The first-order valence-corrected chi connectivity index (χ1v) is 5.24. The molecule has 0 aliphatic carbocycles. The van der Waals surface area contributed by atoms with Gasteiger partial charge in [0.05, 0.1) is 13.3 Å². The molecule has 5 heteroatoms. The third-order valence-corrected chi connectivity index (χ3v) is 2.12. The maximum Gasteiger partial charge on any atom is 0.242 e. The second-order valence-electron chi connectivity index (χ2n) is 3.82. The van der Waals surface area contributed by atoms with Crippen molar-refractivity contribution in [1.29, 1.82) is 0 Å². The van der Waals surface area contributed by atoms with E-state index in [0.29, 0.717) is 11.3 Å². The van der Waals surface area contributed by atoms with Crippen LogP contribution in [0.15, 0.2) is 23.3 Å². The van der Waals surface area contributed by atoms with Gasteiger partial charge in [0, 0.05) is 5.92 Å². The van der Waals surface area contributed by atoms with Gasteiger partial charge in [-0.1, -0.05) is 13.8 Å². The van der Waals surface area contributed by atoms with Gasteiger partial charge in [0.25, 0.3) is 0 Å². The van der Waals surface area contributed by atoms with Crippen LogP contribution < -0.4 is 10.2 Å². The Balaban J connectivity index is 2.66. The highest BCUT2D eigenvalue weighted by molar-refractivity contribution is 5.83. The van der Waals surface area contributed by atoms with Crippen molar-refractivity contribution in [2.75, 3.05) is 7.11 Å². The molecular formula is C12H16N2O3. The van der Waals surface area contributed by atoms with Crippen molar-refractivity contribution in [3.05, 3.63) is 23.8 Å². The van der Waals surface area contributed by atoms with Crippen LogP contribution >= 0.6 is 0 Å². The van der Waals surface area contributed by atoms with Crippen LogP contribution in [0.2, 0.25) is 0 Å². The predicted molar refractivity (Wildman–Crippen MR) is 65.2 cm³/mol. The van der Waals surface area contributed by atoms with Crippen LogP contribution in [-0.2, 0) is 4.79 Å². The van der Waals surface area contributed by atoms with E-state index in [-0.39, 0.29) is 17.6 Å². The number of hydrazone groups is 1. The number of nitrogens with one attached hydrogen (secondary N) is 1. The zero-order chi connectivity index (χ0) is 12.8. The summed E-state index contributed by atoms with van der Waals surface area (Å²) in [6.45, 7) is 3.56. The van der Waals surface area contributed by atoms with Crippen molar-refractivity contribution in [2.45, 2.75) is 13.8 Å². The van der Waals surface area contributed by atoms with Gasteiger partial charge in [-0.15, -0.1) is 0 Å². The van der Waals surface area contributed by atoms with Gasteiger partial charge < -0.3 is 9.84 Å². The molecular weight excluding hydrogens is 220 g/mol. The Bertz CT molecular complexity index is 428. The fourth-order valence-electron chi connectivity index (χ4n) is 1.09. The molecule has 1 rings (SSSR count). The standard InChI is InChI=1S/C12H16N2O3/c1-8(2)12(16)14-13-7-9-4-5-11(17-3)10(15)6-9/h4-8,15H,1-3H3,(H,14,16)/b13-7-. The highest BCUT2D eigenvalue weighted by atomic mass is 16.5. The predicted octanol–water partition coefficient (Wildman–Crippen LogP) is 1.51. The molecule has 0 spiro atoms. The number of rotatable bonds is 4. The number of phenolic OH excluding ortho intramolecular Hbond substituents is 1. The molecule has 0 radical (unpaired) electrons. The normalized spacial score (nSPS) is 10.8. The highest BCUT2D eigenvalue weighted by Crippen LogP contribution is 2.25. The van der Waals surface area contributed by atoms with Gasteiger partial charge in [0.2, 0.25) is 5.91 Å². The zero-order valence-electron chi connectivity index (χ0n) is 10.1. The average Bonchev–Trinajstić information content (AvgIpc) is 2.29. The summed E-state index contributed by atoms with van der Waals surface area (Å²) in [5, 5.41) is 13.3. The molecule has 0 aliphatic heterocycles. The van der Waals surface area contributed by atoms with Crippen LogP contribution in [-0.4, -0.2) is 24.3 Å². The Morgan fingerprint density at radius 2 is 2.24 bits per heavy atom. The summed E-state index contributed by atoms with van der Waals surface area (Å²) in [4.78, 5) is 11.2. The first kappa shape index (κ1) is 13.0. The molecule has 0 heterocycles. The number of hydrogen-bond donors (Lipinski definition) is 2. The van der Waals surface area contributed by atoms with Crippen molar-refractivity contribution in [2.24, 2.45) is 11.0 Å². The number of methoxy groups -OCH3 is 1. The molecule has 0 aromatic heterocycles. The van der Waals surface area contributed by atoms with Crippen LogP contribution in [0.5, 0.6) is 11.5 Å². The number of carbonyl (C=O) groups is 1. The zero-order valence-corrected chi connectivity index (χ0v) is 10.1. The van der Waals surface area contributed by atoms with Crippen molar-refractivity contribution in [1.82, 2.24) is 5.43 Å². The molecule has 0 atom stereocenters. The van der Waals surface area contributed by atoms with Crippen molar-refractivity contribution >= 4 is 12.1 Å². The highest BCUT2D eigenvalue weighted by Gasteiger charge is 2.04. The molecule has 0 saturated heterocycles. The van der Waals surface area contributed by atoms with E-state index < -0.39 is 0 Å². The lowest BCUT2D eigenvalue weighted by Gasteiger charge is -2.03. The Kier molecular flexibility index (Phi) is 4.51. The van der Waals surface area contributed by atoms with Gasteiger partial charge in [-0.25, -0.2) is 5.43 Å². The SMILES string of the molecule is COc1ccc(/C=N\NC(=O)C(C)C)cc1O. The minimum absolute atomic E-state index is 0.0339. The quantitative estimate of drug-likeness (QED) is 0.615. The van der Waals surface area contributed by atoms with E-state index in [1.165, 1.54) is 19.4 Å². The first-order chi connectivity index (χ1) is 8.04. The molecule has 0 aliphatic rings. The number of carbonyl (C=O) groups excluding carboxylic acids is 1. The molecule has 5 nitrogen and oxygen atoms in total. The number of amides is 1. The van der Waals surface area contributed by atoms with Crippen molar-refractivity contribution in [3.63, 3.8) is 0 Å². The summed E-state index contributed by atoms with van der Waals surface area (Å²) in [5.74, 6) is 0.162. The van der Waals surface area contributed by atoms with E-state index in [1.807, 2.05) is 0 Å². The summed E-state index contributed by atoms with van der Waals surface area (Å²) in [6, 6.07) is 4.86. The van der Waals surface area contributed by atoms with E-state index in [4.69, 9.17) is 4.74 Å². The van der Waals surface area contributed by atoms with E-state index >= 15 is 0 Å². The van der Waals surface area contributed by atoms with Gasteiger partial charge in [-0.3, -0.25) is 4.79 Å². The molecule has 1 aromatic carbocycles. The Morgan fingerprint density at radius 1 is 1.53 bits per heavy atom. The third-order valence-electron chi connectivity index (χ3n) is 2.12. The molecule has 17 heavy (non-hydrogen) atoms. The largest absolute Gasteiger partial charge is 0.504 e. The molecule has 1 amide bonds. The van der Waals surface area contributed by atoms with Gasteiger partial charge in [-0.2, -0.15) is 5.10 Å². The number of phenols is 1. The molecule has 0 bridgehead atoms. The summed E-state index contributed by atoms with van der Waals surface area (Å²) in [5.41, 5.74) is 3.07. The van der Waals surface area contributed by atoms with Crippen LogP contribution in [0.25, 0.3) is 0 Å². The number of benzene rings is 1. The minimum atomic E-state index is -0.154. The molecule has 92 valence electrons. The fraction of sp³-hybridized carbons (Fsp3) is 0.333. The average molecular weight is 236 g/mol. The van der Waals surface area contributed by atoms with E-state index in [0.717, 1.165) is 0 Å². The number of ether oxygens (including phenoxy) is 1. The van der Waals surface area contributed by atoms with Gasteiger partial charge in [0.15, 0.2) is 11.5 Å². The lowest BCUT2D eigenvalue weighted by atomic mass is 10.2. The molecule has 0 saturated carbocycles. The monoisotopic (exact) mass is 236 g/mol. The van der Waals surface area contributed by atoms with Gasteiger partial charge >= 0.3 is 0 Å². The summed E-state index contributed by atoms with van der Waals surface area (Å²) < 4.78 is 4.91. The molecule has 0 fully saturated rings. The summed E-state index contributed by atoms with van der Waals surface area (Å²) >= 11 is 0. The van der Waals surface area contributed by atoms with Crippen molar-refractivity contribution in [3.8, 4) is 11.5 Å². The van der Waals surface area contributed by atoms with Crippen LogP contribution in [0.3, 0.4) is 0 Å².